The molecular formula is C65H120. The first-order valence-corrected chi connectivity index (χ1v) is 30.5. The second kappa shape index (κ2) is 23.0. The fraction of sp³-hybridized carbons (Fsp3) is 1.00. The summed E-state index contributed by atoms with van der Waals surface area (Å²) in [5.41, 5.74) is 0. The summed E-state index contributed by atoms with van der Waals surface area (Å²) in [5, 5.41) is 0. The largest absolute Gasteiger partial charge is 0.0625 e. The number of hydrogen-bond acceptors (Lipinski definition) is 0. The van der Waals surface area contributed by atoms with Crippen LogP contribution < -0.4 is 0 Å². The maximum absolute atomic E-state index is 2.45. The van der Waals surface area contributed by atoms with Crippen molar-refractivity contribution in [2.75, 3.05) is 0 Å². The van der Waals surface area contributed by atoms with Crippen LogP contribution >= 0.6 is 0 Å². The van der Waals surface area contributed by atoms with E-state index < -0.39 is 0 Å². The molecule has 14 aliphatic carbocycles. The molecule has 0 nitrogen and oxygen atoms in total. The van der Waals surface area contributed by atoms with Crippen LogP contribution in [0.4, 0.5) is 0 Å². The van der Waals surface area contributed by atoms with Crippen molar-refractivity contribution in [2.45, 2.75) is 235 Å². The highest BCUT2D eigenvalue weighted by atomic mass is 14.6. The lowest BCUT2D eigenvalue weighted by Crippen LogP contribution is -2.46. The summed E-state index contributed by atoms with van der Waals surface area (Å²) < 4.78 is 0. The first-order valence-electron chi connectivity index (χ1n) is 30.5. The highest BCUT2D eigenvalue weighted by molar-refractivity contribution is 5.03. The summed E-state index contributed by atoms with van der Waals surface area (Å²) in [7, 11) is 0. The van der Waals surface area contributed by atoms with Gasteiger partial charge < -0.3 is 0 Å². The molecule has 0 aromatic heterocycles. The monoisotopic (exact) mass is 901 g/mol. The quantitative estimate of drug-likeness (QED) is 0.205. The molecule has 14 rings (SSSR count). The third-order valence-electron chi connectivity index (χ3n) is 22.8. The normalized spacial score (nSPS) is 43.8. The molecule has 0 aromatic carbocycles. The number of rotatable bonds is 10. The van der Waals surface area contributed by atoms with Gasteiger partial charge in [-0.25, -0.2) is 0 Å². The van der Waals surface area contributed by atoms with Crippen molar-refractivity contribution < 1.29 is 0 Å². The van der Waals surface area contributed by atoms with E-state index >= 15 is 0 Å². The van der Waals surface area contributed by atoms with Gasteiger partial charge in [-0.15, -0.1) is 0 Å². The number of fused-ring (bicyclic) bond motifs is 10. The summed E-state index contributed by atoms with van der Waals surface area (Å²) in [6.07, 6.45) is 23.2. The lowest BCUT2D eigenvalue weighted by molar-refractivity contribution is -0.0443. The number of hydrogen-bond donors (Lipinski definition) is 0. The summed E-state index contributed by atoms with van der Waals surface area (Å²) in [6.45, 7) is 48.6. The second-order valence-electron chi connectivity index (χ2n) is 30.1. The lowest BCUT2D eigenvalue weighted by atomic mass is 9.51. The van der Waals surface area contributed by atoms with Crippen LogP contribution in [-0.4, -0.2) is 0 Å². The van der Waals surface area contributed by atoms with Gasteiger partial charge in [-0.05, 0) is 274 Å². The molecule has 380 valence electrons. The van der Waals surface area contributed by atoms with Crippen molar-refractivity contribution in [3.63, 3.8) is 0 Å². The lowest BCUT2D eigenvalue weighted by Gasteiger charge is -2.54. The minimum atomic E-state index is 0.912. The van der Waals surface area contributed by atoms with E-state index in [9.17, 15) is 0 Å². The van der Waals surface area contributed by atoms with Gasteiger partial charge in [-0.1, -0.05) is 138 Å². The predicted molar refractivity (Wildman–Crippen MR) is 287 cm³/mol. The topological polar surface area (TPSA) is 0 Å². The van der Waals surface area contributed by atoms with Crippen LogP contribution in [0, 0.1) is 178 Å². The molecule has 14 aliphatic rings. The van der Waals surface area contributed by atoms with Gasteiger partial charge >= 0.3 is 0 Å². The summed E-state index contributed by atoms with van der Waals surface area (Å²) in [5.74, 6) is 30.7. The Morgan fingerprint density at radius 2 is 0.385 bits per heavy atom. The van der Waals surface area contributed by atoms with Gasteiger partial charge in [0.1, 0.15) is 0 Å². The highest BCUT2D eigenvalue weighted by Gasteiger charge is 2.54. The highest BCUT2D eigenvalue weighted by Crippen LogP contribution is 2.62. The Bertz CT molecular complexity index is 1250. The molecule has 0 radical (unpaired) electrons. The minimum absolute atomic E-state index is 0.912. The average molecular weight is 902 g/mol. The first-order chi connectivity index (χ1) is 30.5. The van der Waals surface area contributed by atoms with Crippen LogP contribution in [0.5, 0.6) is 0 Å². The third kappa shape index (κ3) is 12.0. The Balaban J connectivity index is 0.000000135. The Morgan fingerprint density at radius 3 is 0.615 bits per heavy atom. The molecule has 12 unspecified atom stereocenters. The molecule has 0 aromatic rings. The zero-order valence-electron chi connectivity index (χ0n) is 47.9. The molecule has 0 heterocycles. The van der Waals surface area contributed by atoms with Gasteiger partial charge in [-0.2, -0.15) is 0 Å². The van der Waals surface area contributed by atoms with Crippen LogP contribution in [0.25, 0.3) is 0 Å². The Hall–Kier alpha value is 0. The standard InChI is InChI=1S/C14H26.3C13H24.C12H22/c1-9(2)13-11-5-7-12(8-6-11)14(13)10(3)4;2*1-8(2)12-7-10-5-11(6-10)13(12)9(3)4;1-8(2)12-10-5-6-11(7-10)13(12)9(3)4;1-7(2)11-9-5-10(6-9)12(11)8(3)4/h9-14H,5-8H2,1-4H3;3*8-13H,5-7H2,1-4H3;7-12H,5-6H2,1-4H3. The maximum atomic E-state index is 2.45. The zero-order valence-corrected chi connectivity index (χ0v) is 47.9. The Morgan fingerprint density at radius 1 is 0.185 bits per heavy atom. The van der Waals surface area contributed by atoms with Gasteiger partial charge in [-0.3, -0.25) is 0 Å². The molecule has 0 amide bonds. The molecule has 10 bridgehead atoms. The molecule has 14 saturated carbocycles. The Kier molecular flexibility index (Phi) is 19.3. The molecule has 14 fully saturated rings. The molecule has 12 atom stereocenters. The van der Waals surface area contributed by atoms with Crippen LogP contribution in [0.1, 0.15) is 235 Å². The van der Waals surface area contributed by atoms with Gasteiger partial charge in [0.2, 0.25) is 0 Å². The summed E-state index contributed by atoms with van der Waals surface area (Å²) >= 11 is 0. The SMILES string of the molecule is CC(C)C1C2CC(C2)C1C(C)C.CC(C)C1C2CCC(C2)C1C(C)C.CC(C)C1C2CCC(CC2)C1C(C)C.CC(C)C1CC2CC(C2)C1C(C)C.CC(C)C1CC2CC(C2)C1C(C)C. The van der Waals surface area contributed by atoms with E-state index in [0.29, 0.717) is 0 Å². The minimum Gasteiger partial charge on any atom is -0.0625 e. The van der Waals surface area contributed by atoms with E-state index in [4.69, 9.17) is 0 Å². The van der Waals surface area contributed by atoms with Gasteiger partial charge in [0.15, 0.2) is 0 Å². The van der Waals surface area contributed by atoms with E-state index in [0.717, 1.165) is 178 Å². The maximum Gasteiger partial charge on any atom is -0.0329 e. The molecule has 0 spiro atoms. The smallest absolute Gasteiger partial charge is 0.0329 e. The first kappa shape index (κ1) is 54.3. The fourth-order valence-electron chi connectivity index (χ4n) is 20.7. The second-order valence-corrected chi connectivity index (χ2v) is 30.1. The van der Waals surface area contributed by atoms with Crippen molar-refractivity contribution in [3.05, 3.63) is 0 Å². The van der Waals surface area contributed by atoms with Crippen LogP contribution in [-0.2, 0) is 0 Å². The zero-order chi connectivity index (χ0) is 47.9. The van der Waals surface area contributed by atoms with E-state index in [1.54, 1.807) is 44.9 Å². The van der Waals surface area contributed by atoms with Gasteiger partial charge in [0.25, 0.3) is 0 Å². The van der Waals surface area contributed by atoms with Crippen molar-refractivity contribution in [3.8, 4) is 0 Å². The van der Waals surface area contributed by atoms with Crippen LogP contribution in [0.2, 0.25) is 0 Å². The van der Waals surface area contributed by atoms with Gasteiger partial charge in [0.05, 0.1) is 0 Å². The van der Waals surface area contributed by atoms with Crippen LogP contribution in [0.15, 0.2) is 0 Å². The van der Waals surface area contributed by atoms with Crippen molar-refractivity contribution in [1.29, 1.82) is 0 Å². The van der Waals surface area contributed by atoms with E-state index in [1.165, 1.54) is 51.4 Å². The molecule has 65 heavy (non-hydrogen) atoms. The third-order valence-corrected chi connectivity index (χ3v) is 22.8. The predicted octanol–water partition coefficient (Wildman–Crippen LogP) is 19.8. The molecule has 0 saturated heterocycles. The average Bonchev–Trinajstić information content (AvgIpc) is 4.01. The van der Waals surface area contributed by atoms with Crippen molar-refractivity contribution in [2.24, 2.45) is 178 Å². The van der Waals surface area contributed by atoms with E-state index in [-0.39, 0.29) is 0 Å². The summed E-state index contributed by atoms with van der Waals surface area (Å²) in [6, 6.07) is 0. The molecule has 0 aliphatic heterocycles. The van der Waals surface area contributed by atoms with E-state index in [1.807, 2.05) is 0 Å². The van der Waals surface area contributed by atoms with Crippen molar-refractivity contribution >= 4 is 0 Å². The van der Waals surface area contributed by atoms with Gasteiger partial charge in [0, 0.05) is 0 Å². The fourth-order valence-corrected chi connectivity index (χ4v) is 20.7. The molecule has 0 heteroatoms. The van der Waals surface area contributed by atoms with Crippen LogP contribution in [0.3, 0.4) is 0 Å². The van der Waals surface area contributed by atoms with Crippen molar-refractivity contribution in [1.82, 2.24) is 0 Å². The molecule has 0 N–H and O–H groups in total. The summed E-state index contributed by atoms with van der Waals surface area (Å²) in [4.78, 5) is 0. The van der Waals surface area contributed by atoms with E-state index in [2.05, 4.69) is 138 Å². The Labute approximate surface area is 410 Å². The molecular weight excluding hydrogens is 781 g/mol.